The third-order valence-electron chi connectivity index (χ3n) is 3.29. The highest BCUT2D eigenvalue weighted by molar-refractivity contribution is 7.99. The van der Waals surface area contributed by atoms with Crippen molar-refractivity contribution in [2.45, 2.75) is 50.7 Å². The molecule has 0 aliphatic rings. The molecule has 0 amide bonds. The van der Waals surface area contributed by atoms with Gasteiger partial charge in [0, 0.05) is 23.3 Å². The zero-order chi connectivity index (χ0) is 15.5. The number of rotatable bonds is 11. The number of aliphatic hydroxyl groups excluding tert-OH is 1. The standard InChI is InChI=1S/C17H29NO2S/c1-4-6-11-20-12-16(19)13-21-17-9-7-15(8-10-17)14(3)18-5-2/h7-10,14,16,18-19H,4-6,11-13H2,1-3H3. The molecule has 1 aromatic rings. The van der Waals surface area contributed by atoms with Gasteiger partial charge in [0.2, 0.25) is 0 Å². The number of aliphatic hydroxyl groups is 1. The van der Waals surface area contributed by atoms with Crippen LogP contribution in [0.2, 0.25) is 0 Å². The molecule has 0 aliphatic carbocycles. The van der Waals surface area contributed by atoms with Gasteiger partial charge in [0.1, 0.15) is 0 Å². The van der Waals surface area contributed by atoms with E-state index in [4.69, 9.17) is 4.74 Å². The van der Waals surface area contributed by atoms with E-state index in [0.717, 1.165) is 26.0 Å². The van der Waals surface area contributed by atoms with Crippen LogP contribution in [0.1, 0.15) is 45.2 Å². The van der Waals surface area contributed by atoms with Gasteiger partial charge in [-0.3, -0.25) is 0 Å². The SMILES string of the molecule is CCCCOCC(O)CSc1ccc(C(C)NCC)cc1. The van der Waals surface area contributed by atoms with Gasteiger partial charge < -0.3 is 15.2 Å². The van der Waals surface area contributed by atoms with Gasteiger partial charge in [-0.15, -0.1) is 11.8 Å². The van der Waals surface area contributed by atoms with Crippen molar-refractivity contribution in [1.82, 2.24) is 5.32 Å². The fourth-order valence-electron chi connectivity index (χ4n) is 1.98. The van der Waals surface area contributed by atoms with Crippen LogP contribution in [0.5, 0.6) is 0 Å². The number of benzene rings is 1. The van der Waals surface area contributed by atoms with E-state index < -0.39 is 6.10 Å². The summed E-state index contributed by atoms with van der Waals surface area (Å²) in [4.78, 5) is 1.19. The van der Waals surface area contributed by atoms with Gasteiger partial charge in [0.25, 0.3) is 0 Å². The maximum absolute atomic E-state index is 9.87. The van der Waals surface area contributed by atoms with Gasteiger partial charge in [-0.2, -0.15) is 0 Å². The van der Waals surface area contributed by atoms with Gasteiger partial charge in [-0.1, -0.05) is 32.4 Å². The maximum Gasteiger partial charge on any atom is 0.0867 e. The van der Waals surface area contributed by atoms with Crippen LogP contribution < -0.4 is 5.32 Å². The van der Waals surface area contributed by atoms with Crippen LogP contribution in [0.3, 0.4) is 0 Å². The first-order valence-corrected chi connectivity index (χ1v) is 8.87. The topological polar surface area (TPSA) is 41.5 Å². The first kappa shape index (κ1) is 18.5. The van der Waals surface area contributed by atoms with Gasteiger partial charge in [0.05, 0.1) is 12.7 Å². The summed E-state index contributed by atoms with van der Waals surface area (Å²) in [6.07, 6.45) is 1.79. The summed E-state index contributed by atoms with van der Waals surface area (Å²) in [5, 5.41) is 13.3. The predicted octanol–water partition coefficient (Wildman–Crippen LogP) is 3.63. The molecule has 0 fully saturated rings. The average Bonchev–Trinajstić information content (AvgIpc) is 2.50. The van der Waals surface area contributed by atoms with E-state index in [1.165, 1.54) is 10.5 Å². The lowest BCUT2D eigenvalue weighted by Gasteiger charge is -2.14. The number of unbranched alkanes of at least 4 members (excludes halogenated alkanes) is 1. The number of ether oxygens (including phenoxy) is 1. The molecule has 0 aliphatic heterocycles. The Hall–Kier alpha value is -0.550. The molecule has 0 heterocycles. The zero-order valence-corrected chi connectivity index (χ0v) is 14.3. The molecule has 0 saturated carbocycles. The minimum absolute atomic E-state index is 0.381. The van der Waals surface area contributed by atoms with E-state index >= 15 is 0 Å². The van der Waals surface area contributed by atoms with Crippen molar-refractivity contribution in [2.75, 3.05) is 25.5 Å². The number of nitrogens with one attached hydrogen (secondary N) is 1. The molecule has 2 N–H and O–H groups in total. The molecule has 2 atom stereocenters. The minimum atomic E-state index is -0.396. The summed E-state index contributed by atoms with van der Waals surface area (Å²) in [7, 11) is 0. The van der Waals surface area contributed by atoms with Crippen LogP contribution in [-0.4, -0.2) is 36.7 Å². The quantitative estimate of drug-likeness (QED) is 0.484. The molecule has 3 nitrogen and oxygen atoms in total. The Morgan fingerprint density at radius 3 is 2.57 bits per heavy atom. The molecular formula is C17H29NO2S. The Balaban J connectivity index is 2.28. The highest BCUT2D eigenvalue weighted by Crippen LogP contribution is 2.21. The predicted molar refractivity (Wildman–Crippen MR) is 91.0 cm³/mol. The normalized spacial score (nSPS) is 14.1. The molecule has 1 aromatic carbocycles. The smallest absolute Gasteiger partial charge is 0.0867 e. The van der Waals surface area contributed by atoms with E-state index in [2.05, 4.69) is 50.4 Å². The van der Waals surface area contributed by atoms with E-state index in [0.29, 0.717) is 18.4 Å². The Kier molecular flexibility index (Phi) is 9.76. The van der Waals surface area contributed by atoms with Gasteiger partial charge >= 0.3 is 0 Å². The lowest BCUT2D eigenvalue weighted by Crippen LogP contribution is -2.18. The highest BCUT2D eigenvalue weighted by Gasteiger charge is 2.07. The van der Waals surface area contributed by atoms with Crippen LogP contribution in [0, 0.1) is 0 Å². The lowest BCUT2D eigenvalue weighted by atomic mass is 10.1. The van der Waals surface area contributed by atoms with Crippen molar-refractivity contribution >= 4 is 11.8 Å². The molecule has 120 valence electrons. The van der Waals surface area contributed by atoms with E-state index in [9.17, 15) is 5.11 Å². The Morgan fingerprint density at radius 2 is 1.95 bits per heavy atom. The van der Waals surface area contributed by atoms with Crippen LogP contribution >= 0.6 is 11.8 Å². The number of hydrogen-bond donors (Lipinski definition) is 2. The Labute approximate surface area is 133 Å². The molecule has 0 spiro atoms. The second-order valence-corrected chi connectivity index (χ2v) is 6.34. The van der Waals surface area contributed by atoms with Crippen LogP contribution in [-0.2, 0) is 4.74 Å². The van der Waals surface area contributed by atoms with Crippen LogP contribution in [0.25, 0.3) is 0 Å². The van der Waals surface area contributed by atoms with E-state index in [1.54, 1.807) is 11.8 Å². The first-order valence-electron chi connectivity index (χ1n) is 7.89. The van der Waals surface area contributed by atoms with Crippen molar-refractivity contribution in [1.29, 1.82) is 0 Å². The van der Waals surface area contributed by atoms with E-state index in [-0.39, 0.29) is 0 Å². The Morgan fingerprint density at radius 1 is 1.24 bits per heavy atom. The molecule has 0 saturated heterocycles. The summed E-state index contributed by atoms with van der Waals surface area (Å²) < 4.78 is 5.43. The molecule has 0 bridgehead atoms. The lowest BCUT2D eigenvalue weighted by molar-refractivity contribution is 0.0473. The van der Waals surface area contributed by atoms with Gasteiger partial charge in [-0.05, 0) is 37.6 Å². The minimum Gasteiger partial charge on any atom is -0.390 e. The van der Waals surface area contributed by atoms with Crippen molar-refractivity contribution in [2.24, 2.45) is 0 Å². The largest absolute Gasteiger partial charge is 0.390 e. The summed E-state index contributed by atoms with van der Waals surface area (Å²) in [6.45, 7) is 8.57. The molecular weight excluding hydrogens is 282 g/mol. The van der Waals surface area contributed by atoms with Crippen molar-refractivity contribution in [3.8, 4) is 0 Å². The fraction of sp³-hybridized carbons (Fsp3) is 0.647. The van der Waals surface area contributed by atoms with Gasteiger partial charge in [0.15, 0.2) is 0 Å². The molecule has 4 heteroatoms. The highest BCUT2D eigenvalue weighted by atomic mass is 32.2. The Bertz CT molecular complexity index is 370. The second-order valence-electron chi connectivity index (χ2n) is 5.24. The third kappa shape index (κ3) is 7.86. The molecule has 1 rings (SSSR count). The van der Waals surface area contributed by atoms with Crippen molar-refractivity contribution < 1.29 is 9.84 Å². The second kappa shape index (κ2) is 11.1. The maximum atomic E-state index is 9.87. The monoisotopic (exact) mass is 311 g/mol. The van der Waals surface area contributed by atoms with Crippen molar-refractivity contribution in [3.63, 3.8) is 0 Å². The number of thioether (sulfide) groups is 1. The fourth-order valence-corrected chi connectivity index (χ4v) is 2.79. The summed E-state index contributed by atoms with van der Waals surface area (Å²) >= 11 is 1.68. The zero-order valence-electron chi connectivity index (χ0n) is 13.5. The van der Waals surface area contributed by atoms with Crippen molar-refractivity contribution in [3.05, 3.63) is 29.8 Å². The first-order chi connectivity index (χ1) is 10.2. The summed E-state index contributed by atoms with van der Waals surface area (Å²) in [5.74, 6) is 0.675. The van der Waals surface area contributed by atoms with Crippen LogP contribution in [0.15, 0.2) is 29.2 Å². The van der Waals surface area contributed by atoms with Gasteiger partial charge in [-0.25, -0.2) is 0 Å². The van der Waals surface area contributed by atoms with E-state index in [1.807, 2.05) is 0 Å². The van der Waals surface area contributed by atoms with Crippen LogP contribution in [0.4, 0.5) is 0 Å². The summed E-state index contributed by atoms with van der Waals surface area (Å²) in [6, 6.07) is 8.93. The molecule has 0 aromatic heterocycles. The molecule has 0 radical (unpaired) electrons. The number of hydrogen-bond acceptors (Lipinski definition) is 4. The average molecular weight is 311 g/mol. The molecule has 2 unspecified atom stereocenters. The molecule has 21 heavy (non-hydrogen) atoms. The summed E-state index contributed by atoms with van der Waals surface area (Å²) in [5.41, 5.74) is 1.30. The third-order valence-corrected chi connectivity index (χ3v) is 4.44.